The zero-order valence-electron chi connectivity index (χ0n) is 6.30. The van der Waals surface area contributed by atoms with Gasteiger partial charge in [0.05, 0.1) is 24.2 Å². The first-order valence-electron chi connectivity index (χ1n) is 3.56. The highest BCUT2D eigenvalue weighted by atomic mass is 16.4. The Morgan fingerprint density at radius 3 is 2.67 bits per heavy atom. The predicted molar refractivity (Wildman–Crippen MR) is 37.7 cm³/mol. The van der Waals surface area contributed by atoms with Gasteiger partial charge in [-0.25, -0.2) is 0 Å². The van der Waals surface area contributed by atoms with Gasteiger partial charge in [0, 0.05) is 6.42 Å². The van der Waals surface area contributed by atoms with Gasteiger partial charge < -0.3 is 25.8 Å². The van der Waals surface area contributed by atoms with Crippen molar-refractivity contribution < 1.29 is 20.1 Å². The Bertz CT molecular complexity index is 225. The third-order valence-electron chi connectivity index (χ3n) is 1.87. The molecule has 5 nitrogen and oxygen atoms in total. The molecule has 0 radical (unpaired) electrons. The standard InChI is InChI=1S/C7H11NO4/c8-4-1-3(7(11)12)2-5(9)6(4)10/h1,4-6,9-10H,2,8H2,(H,11,12)/p-1/t4?,5-,6-/m1/s1. The number of carboxylic acids is 1. The van der Waals surface area contributed by atoms with E-state index in [2.05, 4.69) is 0 Å². The summed E-state index contributed by atoms with van der Waals surface area (Å²) in [7, 11) is 0. The topological polar surface area (TPSA) is 107 Å². The van der Waals surface area contributed by atoms with Crippen LogP contribution in [0.5, 0.6) is 0 Å². The molecular formula is C7H10NO4-. The Hall–Kier alpha value is -0.910. The van der Waals surface area contributed by atoms with Gasteiger partial charge in [-0.2, -0.15) is 0 Å². The zero-order valence-corrected chi connectivity index (χ0v) is 6.30. The number of rotatable bonds is 1. The van der Waals surface area contributed by atoms with Crippen LogP contribution in [0.2, 0.25) is 0 Å². The summed E-state index contributed by atoms with van der Waals surface area (Å²) in [5, 5.41) is 28.5. The lowest BCUT2D eigenvalue weighted by molar-refractivity contribution is -0.299. The van der Waals surface area contributed by atoms with E-state index in [1.807, 2.05) is 0 Å². The second-order valence-electron chi connectivity index (χ2n) is 2.82. The Balaban J connectivity index is 2.81. The summed E-state index contributed by atoms with van der Waals surface area (Å²) in [5.74, 6) is -1.35. The van der Waals surface area contributed by atoms with Gasteiger partial charge in [-0.05, 0) is 5.57 Å². The van der Waals surface area contributed by atoms with Gasteiger partial charge >= 0.3 is 0 Å². The van der Waals surface area contributed by atoms with Crippen molar-refractivity contribution in [2.45, 2.75) is 24.7 Å². The summed E-state index contributed by atoms with van der Waals surface area (Å²) < 4.78 is 0. The fraction of sp³-hybridized carbons (Fsp3) is 0.571. The van der Waals surface area contributed by atoms with E-state index in [0.29, 0.717) is 0 Å². The summed E-state index contributed by atoms with van der Waals surface area (Å²) in [5.41, 5.74) is 5.26. The molecule has 3 atom stereocenters. The molecule has 0 heterocycles. The molecule has 5 heteroatoms. The van der Waals surface area contributed by atoms with Crippen molar-refractivity contribution >= 4 is 5.97 Å². The lowest BCUT2D eigenvalue weighted by Crippen LogP contribution is -2.46. The highest BCUT2D eigenvalue weighted by Gasteiger charge is 2.28. The number of hydrogen-bond donors (Lipinski definition) is 3. The highest BCUT2D eigenvalue weighted by molar-refractivity contribution is 5.85. The van der Waals surface area contributed by atoms with E-state index in [9.17, 15) is 9.90 Å². The van der Waals surface area contributed by atoms with Crippen LogP contribution in [0.1, 0.15) is 6.42 Å². The number of aliphatic hydroxyl groups is 2. The van der Waals surface area contributed by atoms with Gasteiger partial charge in [0.25, 0.3) is 0 Å². The maximum atomic E-state index is 10.3. The fourth-order valence-corrected chi connectivity index (χ4v) is 1.15. The van der Waals surface area contributed by atoms with Crippen molar-refractivity contribution in [1.82, 2.24) is 0 Å². The van der Waals surface area contributed by atoms with E-state index in [1.165, 1.54) is 6.08 Å². The number of carbonyl (C=O) groups is 1. The molecule has 0 amide bonds. The first-order chi connectivity index (χ1) is 5.52. The van der Waals surface area contributed by atoms with Crippen LogP contribution in [0.15, 0.2) is 11.6 Å². The molecule has 4 N–H and O–H groups in total. The van der Waals surface area contributed by atoms with Crippen LogP contribution in [0, 0.1) is 0 Å². The third-order valence-corrected chi connectivity index (χ3v) is 1.87. The number of carboxylic acid groups (broad SMARTS) is 1. The van der Waals surface area contributed by atoms with E-state index < -0.39 is 24.2 Å². The molecule has 12 heavy (non-hydrogen) atoms. The van der Waals surface area contributed by atoms with E-state index in [-0.39, 0.29) is 12.0 Å². The molecule has 0 saturated carbocycles. The molecular weight excluding hydrogens is 162 g/mol. The number of hydrogen-bond acceptors (Lipinski definition) is 5. The van der Waals surface area contributed by atoms with E-state index >= 15 is 0 Å². The molecule has 0 fully saturated rings. The summed E-state index contributed by atoms with van der Waals surface area (Å²) in [6.07, 6.45) is -1.12. The van der Waals surface area contributed by atoms with Crippen LogP contribution in [0.4, 0.5) is 0 Å². The molecule has 0 aromatic rings. The Morgan fingerprint density at radius 1 is 1.67 bits per heavy atom. The van der Waals surface area contributed by atoms with Crippen molar-refractivity contribution in [2.24, 2.45) is 5.73 Å². The van der Waals surface area contributed by atoms with Gasteiger partial charge in [0.15, 0.2) is 0 Å². The predicted octanol–water partition coefficient (Wildman–Crippen LogP) is -2.88. The molecule has 1 aliphatic carbocycles. The largest absolute Gasteiger partial charge is 0.545 e. The van der Waals surface area contributed by atoms with Gasteiger partial charge in [0.2, 0.25) is 0 Å². The Kier molecular flexibility index (Phi) is 2.46. The molecule has 0 aliphatic heterocycles. The molecule has 0 saturated heterocycles. The second-order valence-corrected chi connectivity index (χ2v) is 2.82. The average molecular weight is 172 g/mol. The van der Waals surface area contributed by atoms with Crippen LogP contribution in [-0.4, -0.2) is 34.4 Å². The Morgan fingerprint density at radius 2 is 2.25 bits per heavy atom. The number of aliphatic carboxylic acids is 1. The summed E-state index contributed by atoms with van der Waals surface area (Å²) in [4.78, 5) is 10.3. The molecule has 68 valence electrons. The first kappa shape index (κ1) is 9.18. The maximum absolute atomic E-state index is 10.3. The first-order valence-corrected chi connectivity index (χ1v) is 3.56. The fourth-order valence-electron chi connectivity index (χ4n) is 1.15. The van der Waals surface area contributed by atoms with Crippen molar-refractivity contribution in [2.75, 3.05) is 0 Å². The molecule has 0 spiro atoms. The minimum absolute atomic E-state index is 0.0553. The maximum Gasteiger partial charge on any atom is 0.0988 e. The number of nitrogens with two attached hydrogens (primary N) is 1. The lowest BCUT2D eigenvalue weighted by Gasteiger charge is -2.28. The minimum Gasteiger partial charge on any atom is -0.545 e. The van der Waals surface area contributed by atoms with Crippen molar-refractivity contribution in [3.63, 3.8) is 0 Å². The quantitative estimate of drug-likeness (QED) is 0.393. The van der Waals surface area contributed by atoms with Crippen LogP contribution < -0.4 is 10.8 Å². The molecule has 1 unspecified atom stereocenters. The van der Waals surface area contributed by atoms with E-state index in [0.717, 1.165) is 0 Å². The van der Waals surface area contributed by atoms with E-state index in [1.54, 1.807) is 0 Å². The monoisotopic (exact) mass is 172 g/mol. The zero-order chi connectivity index (χ0) is 9.30. The Labute approximate surface area is 69.1 Å². The van der Waals surface area contributed by atoms with Gasteiger partial charge in [-0.15, -0.1) is 0 Å². The highest BCUT2D eigenvalue weighted by Crippen LogP contribution is 2.17. The third kappa shape index (κ3) is 1.63. The van der Waals surface area contributed by atoms with Gasteiger partial charge in [0.1, 0.15) is 0 Å². The second kappa shape index (κ2) is 3.22. The number of aliphatic hydroxyl groups excluding tert-OH is 2. The smallest absolute Gasteiger partial charge is 0.0988 e. The van der Waals surface area contributed by atoms with Crippen molar-refractivity contribution in [3.8, 4) is 0 Å². The number of carbonyl (C=O) groups excluding carboxylic acids is 1. The normalized spacial score (nSPS) is 35.9. The molecule has 1 aliphatic rings. The van der Waals surface area contributed by atoms with Crippen LogP contribution in [0.3, 0.4) is 0 Å². The molecule has 1 rings (SSSR count). The lowest BCUT2D eigenvalue weighted by atomic mass is 9.91. The minimum atomic E-state index is -1.35. The summed E-state index contributed by atoms with van der Waals surface area (Å²) in [6, 6.07) is -0.832. The van der Waals surface area contributed by atoms with Crippen molar-refractivity contribution in [1.29, 1.82) is 0 Å². The van der Waals surface area contributed by atoms with Crippen LogP contribution in [-0.2, 0) is 4.79 Å². The molecule has 0 aromatic heterocycles. The van der Waals surface area contributed by atoms with Gasteiger partial charge in [-0.1, -0.05) is 6.08 Å². The van der Waals surface area contributed by atoms with E-state index in [4.69, 9.17) is 15.9 Å². The van der Waals surface area contributed by atoms with Crippen molar-refractivity contribution in [3.05, 3.63) is 11.6 Å². The SMILES string of the molecule is NC1C=C(C(=O)[O-])C[C@@H](O)[C@@H]1O. The summed E-state index contributed by atoms with van der Waals surface area (Å²) in [6.45, 7) is 0. The van der Waals surface area contributed by atoms with Gasteiger partial charge in [-0.3, -0.25) is 0 Å². The van der Waals surface area contributed by atoms with Crippen LogP contribution in [0.25, 0.3) is 0 Å². The molecule has 0 aromatic carbocycles. The summed E-state index contributed by atoms with van der Waals surface area (Å²) >= 11 is 0. The van der Waals surface area contributed by atoms with Crippen LogP contribution >= 0.6 is 0 Å². The average Bonchev–Trinajstić information content (AvgIpc) is 1.99. The molecule has 0 bridgehead atoms.